The summed E-state index contributed by atoms with van der Waals surface area (Å²) in [5.41, 5.74) is 0. The molecule has 0 N–H and O–H groups in total. The van der Waals surface area contributed by atoms with Crippen LogP contribution in [0.4, 0.5) is 4.79 Å². The van der Waals surface area contributed by atoms with Crippen LogP contribution in [0, 0.1) is 11.8 Å². The van der Waals surface area contributed by atoms with Crippen molar-refractivity contribution in [3.05, 3.63) is 0 Å². The zero-order chi connectivity index (χ0) is 11.1. The second-order valence-corrected chi connectivity index (χ2v) is 3.59. The van der Waals surface area contributed by atoms with Gasteiger partial charge < -0.3 is 4.74 Å². The van der Waals surface area contributed by atoms with Crippen molar-refractivity contribution in [3.63, 3.8) is 0 Å². The monoisotopic (exact) mass is 199 g/mol. The van der Waals surface area contributed by atoms with E-state index >= 15 is 0 Å². The molecule has 0 aromatic rings. The number of aliphatic imine (C=N–C) groups is 1. The smallest absolute Gasteiger partial charge is 0.432 e. The average molecular weight is 199 g/mol. The van der Waals surface area contributed by atoms with Crippen LogP contribution < -0.4 is 0 Å². The normalized spacial score (nSPS) is 13.2. The Morgan fingerprint density at radius 1 is 1.43 bits per heavy atom. The van der Waals surface area contributed by atoms with Gasteiger partial charge in [0, 0.05) is 6.21 Å². The molecule has 0 radical (unpaired) electrons. The van der Waals surface area contributed by atoms with Crippen molar-refractivity contribution in [2.45, 2.75) is 27.2 Å². The Labute approximate surface area is 84.4 Å². The topological polar surface area (TPSA) is 55.7 Å². The van der Waals surface area contributed by atoms with Gasteiger partial charge in [-0.15, -0.1) is 0 Å². The Morgan fingerprint density at radius 3 is 2.36 bits per heavy atom. The first-order valence-electron chi connectivity index (χ1n) is 4.60. The maximum absolute atomic E-state index is 11.1. The Hall–Kier alpha value is -1.19. The molecule has 0 rings (SSSR count). The van der Waals surface area contributed by atoms with Crippen molar-refractivity contribution in [1.29, 1.82) is 0 Å². The molecule has 0 aromatic heterocycles. The lowest BCUT2D eigenvalue weighted by Gasteiger charge is -2.10. The van der Waals surface area contributed by atoms with Crippen LogP contribution in [0.5, 0.6) is 0 Å². The van der Waals surface area contributed by atoms with Gasteiger partial charge in [-0.25, -0.2) is 4.79 Å². The SMILES string of the molecule is COC(=O)/N=C/C(CC(C)C)C(C)=O. The van der Waals surface area contributed by atoms with Crippen LogP contribution in [0.15, 0.2) is 4.99 Å². The number of ketones is 1. The van der Waals surface area contributed by atoms with Gasteiger partial charge in [0.05, 0.1) is 13.0 Å². The highest BCUT2D eigenvalue weighted by molar-refractivity contribution is 5.96. The summed E-state index contributed by atoms with van der Waals surface area (Å²) in [6, 6.07) is 0. The maximum Gasteiger partial charge on any atom is 0.432 e. The minimum Gasteiger partial charge on any atom is -0.451 e. The zero-order valence-electron chi connectivity index (χ0n) is 9.11. The third-order valence-corrected chi connectivity index (χ3v) is 1.78. The number of amides is 1. The minimum atomic E-state index is -0.667. The fourth-order valence-corrected chi connectivity index (χ4v) is 1.04. The van der Waals surface area contributed by atoms with E-state index in [-0.39, 0.29) is 11.7 Å². The van der Waals surface area contributed by atoms with Crippen LogP contribution in [-0.2, 0) is 9.53 Å². The molecule has 0 aliphatic rings. The quantitative estimate of drug-likeness (QED) is 0.651. The Kier molecular flexibility index (Phi) is 5.76. The summed E-state index contributed by atoms with van der Waals surface area (Å²) in [4.78, 5) is 25.3. The van der Waals surface area contributed by atoms with Gasteiger partial charge in [0.15, 0.2) is 0 Å². The fraction of sp³-hybridized carbons (Fsp3) is 0.700. The van der Waals surface area contributed by atoms with E-state index < -0.39 is 6.09 Å². The molecule has 0 fully saturated rings. The highest BCUT2D eigenvalue weighted by Gasteiger charge is 2.13. The molecular weight excluding hydrogens is 182 g/mol. The summed E-state index contributed by atoms with van der Waals surface area (Å²) in [5, 5.41) is 0. The predicted octanol–water partition coefficient (Wildman–Crippen LogP) is 2.07. The van der Waals surface area contributed by atoms with Gasteiger partial charge in [-0.05, 0) is 19.3 Å². The van der Waals surface area contributed by atoms with Gasteiger partial charge in [0.2, 0.25) is 0 Å². The first-order valence-corrected chi connectivity index (χ1v) is 4.60. The summed E-state index contributed by atoms with van der Waals surface area (Å²) in [7, 11) is 1.25. The Balaban J connectivity index is 4.30. The molecule has 14 heavy (non-hydrogen) atoms. The number of carbonyl (C=O) groups excluding carboxylic acids is 2. The maximum atomic E-state index is 11.1. The number of rotatable bonds is 4. The zero-order valence-corrected chi connectivity index (χ0v) is 9.11. The number of ether oxygens (including phenoxy) is 1. The lowest BCUT2D eigenvalue weighted by molar-refractivity contribution is -0.119. The van der Waals surface area contributed by atoms with Gasteiger partial charge in [0.1, 0.15) is 5.78 Å². The number of hydrogen-bond donors (Lipinski definition) is 0. The first kappa shape index (κ1) is 12.8. The number of hydrogen-bond acceptors (Lipinski definition) is 3. The summed E-state index contributed by atoms with van der Waals surface area (Å²) >= 11 is 0. The number of methoxy groups -OCH3 is 1. The van der Waals surface area contributed by atoms with Gasteiger partial charge in [-0.2, -0.15) is 4.99 Å². The lowest BCUT2D eigenvalue weighted by Crippen LogP contribution is -2.15. The molecule has 4 nitrogen and oxygen atoms in total. The second-order valence-electron chi connectivity index (χ2n) is 3.59. The lowest BCUT2D eigenvalue weighted by atomic mass is 9.95. The molecule has 0 aliphatic heterocycles. The van der Waals surface area contributed by atoms with E-state index in [9.17, 15) is 9.59 Å². The van der Waals surface area contributed by atoms with Crippen LogP contribution >= 0.6 is 0 Å². The molecule has 0 heterocycles. The number of nitrogens with zero attached hydrogens (tertiary/aromatic N) is 1. The highest BCUT2D eigenvalue weighted by Crippen LogP contribution is 2.10. The van der Waals surface area contributed by atoms with E-state index in [0.29, 0.717) is 12.3 Å². The van der Waals surface area contributed by atoms with Crippen molar-refractivity contribution in [2.75, 3.05) is 7.11 Å². The molecule has 1 amide bonds. The van der Waals surface area contributed by atoms with E-state index in [1.165, 1.54) is 20.2 Å². The molecular formula is C10H17NO3. The molecule has 0 aromatic carbocycles. The average Bonchev–Trinajstić information content (AvgIpc) is 2.10. The number of carbonyl (C=O) groups is 2. The first-order chi connectivity index (χ1) is 6.47. The summed E-state index contributed by atoms with van der Waals surface area (Å²) in [6.07, 6.45) is 1.41. The molecule has 1 unspecified atom stereocenters. The van der Waals surface area contributed by atoms with Gasteiger partial charge in [0.25, 0.3) is 0 Å². The molecule has 0 spiro atoms. The van der Waals surface area contributed by atoms with E-state index in [1.54, 1.807) is 0 Å². The van der Waals surface area contributed by atoms with Gasteiger partial charge in [-0.1, -0.05) is 13.8 Å². The van der Waals surface area contributed by atoms with Crippen LogP contribution in [0.3, 0.4) is 0 Å². The van der Waals surface area contributed by atoms with Crippen molar-refractivity contribution >= 4 is 18.1 Å². The third-order valence-electron chi connectivity index (χ3n) is 1.78. The largest absolute Gasteiger partial charge is 0.451 e. The fourth-order valence-electron chi connectivity index (χ4n) is 1.04. The second kappa shape index (κ2) is 6.29. The molecule has 4 heteroatoms. The van der Waals surface area contributed by atoms with Crippen molar-refractivity contribution in [1.82, 2.24) is 0 Å². The highest BCUT2D eigenvalue weighted by atomic mass is 16.5. The van der Waals surface area contributed by atoms with Crippen molar-refractivity contribution in [2.24, 2.45) is 16.8 Å². The summed E-state index contributed by atoms with van der Waals surface area (Å²) in [5.74, 6) is 0.133. The molecule has 1 atom stereocenters. The Bertz CT molecular complexity index is 234. The summed E-state index contributed by atoms with van der Waals surface area (Å²) in [6.45, 7) is 5.53. The number of Topliss-reactive ketones (excluding diaryl/α,β-unsaturated/α-hetero) is 1. The van der Waals surface area contributed by atoms with Crippen LogP contribution in [-0.4, -0.2) is 25.2 Å². The van der Waals surface area contributed by atoms with E-state index in [2.05, 4.69) is 9.73 Å². The third kappa shape index (κ3) is 5.45. The minimum absolute atomic E-state index is 0.0198. The van der Waals surface area contributed by atoms with Gasteiger partial charge in [-0.3, -0.25) is 4.79 Å². The molecule has 0 saturated carbocycles. The molecule has 0 bridgehead atoms. The molecule has 0 aliphatic carbocycles. The van der Waals surface area contributed by atoms with Crippen LogP contribution in [0.1, 0.15) is 27.2 Å². The van der Waals surface area contributed by atoms with Crippen molar-refractivity contribution < 1.29 is 14.3 Å². The van der Waals surface area contributed by atoms with E-state index in [1.807, 2.05) is 13.8 Å². The summed E-state index contributed by atoms with van der Waals surface area (Å²) < 4.78 is 4.34. The Morgan fingerprint density at radius 2 is 2.00 bits per heavy atom. The van der Waals surface area contributed by atoms with E-state index in [4.69, 9.17) is 0 Å². The van der Waals surface area contributed by atoms with Gasteiger partial charge >= 0.3 is 6.09 Å². The predicted molar refractivity (Wildman–Crippen MR) is 54.5 cm³/mol. The standard InChI is InChI=1S/C10H17NO3/c1-7(2)5-9(8(3)12)6-11-10(13)14-4/h6-7,9H,5H2,1-4H3/b11-6+. The molecule has 0 saturated heterocycles. The van der Waals surface area contributed by atoms with Crippen LogP contribution in [0.25, 0.3) is 0 Å². The van der Waals surface area contributed by atoms with Crippen molar-refractivity contribution in [3.8, 4) is 0 Å². The molecule has 80 valence electrons. The van der Waals surface area contributed by atoms with E-state index in [0.717, 1.165) is 0 Å². The van der Waals surface area contributed by atoms with Crippen LogP contribution in [0.2, 0.25) is 0 Å².